The van der Waals surface area contributed by atoms with Gasteiger partial charge in [0.25, 0.3) is 0 Å². The summed E-state index contributed by atoms with van der Waals surface area (Å²) in [5, 5.41) is 14.6. The molecule has 2 amide bonds. The number of amides is 2. The first-order chi connectivity index (χ1) is 20.5. The lowest BCUT2D eigenvalue weighted by atomic mass is 9.98. The van der Waals surface area contributed by atoms with E-state index in [4.69, 9.17) is 9.47 Å². The van der Waals surface area contributed by atoms with Crippen LogP contribution in [0.3, 0.4) is 0 Å². The SMILES string of the molecule is O=C(NCC[C@@H](NC(=O)OCC1c2ccccc2-c2ccccc21)C(=O)O)OCC1c2ccccc2-c2ccccc21. The van der Waals surface area contributed by atoms with E-state index in [0.29, 0.717) is 0 Å². The zero-order valence-corrected chi connectivity index (χ0v) is 22.8. The number of alkyl carbamates (subject to hydrolysis) is 2. The molecule has 4 aromatic rings. The van der Waals surface area contributed by atoms with Gasteiger partial charge in [-0.3, -0.25) is 0 Å². The number of hydrogen-bond donors (Lipinski definition) is 3. The maximum atomic E-state index is 12.6. The minimum atomic E-state index is -1.24. The Morgan fingerprint density at radius 3 is 1.40 bits per heavy atom. The molecule has 6 rings (SSSR count). The number of nitrogens with one attached hydrogen (secondary N) is 2. The number of ether oxygens (including phenoxy) is 2. The standard InChI is InChI=1S/C34H30N2O6/c37-32(38)31(36-34(40)42-20-30-27-15-7-3-11-23(27)24-12-4-8-16-28(24)30)17-18-35-33(39)41-19-29-25-13-5-1-9-21(25)22-10-2-6-14-26(22)29/h1-16,29-31H,17-20H2,(H,35,39)(H,36,40)(H,37,38)/t31-/m1/s1. The summed E-state index contributed by atoms with van der Waals surface area (Å²) in [4.78, 5) is 36.9. The van der Waals surface area contributed by atoms with E-state index in [0.717, 1.165) is 44.5 Å². The Morgan fingerprint density at radius 2 is 1.00 bits per heavy atom. The predicted octanol–water partition coefficient (Wildman–Crippen LogP) is 5.91. The molecule has 2 aliphatic carbocycles. The van der Waals surface area contributed by atoms with Crippen molar-refractivity contribution in [1.29, 1.82) is 0 Å². The van der Waals surface area contributed by atoms with Crippen LogP contribution in [0.15, 0.2) is 97.1 Å². The summed E-state index contributed by atoms with van der Waals surface area (Å²) >= 11 is 0. The number of carboxylic acids is 1. The van der Waals surface area contributed by atoms with Crippen LogP contribution in [0.1, 0.15) is 40.5 Å². The third-order valence-electron chi connectivity index (χ3n) is 7.98. The zero-order chi connectivity index (χ0) is 29.1. The molecule has 2 aliphatic rings. The molecule has 0 radical (unpaired) electrons. The van der Waals surface area contributed by atoms with E-state index in [-0.39, 0.29) is 38.0 Å². The summed E-state index contributed by atoms with van der Waals surface area (Å²) < 4.78 is 11.0. The molecule has 4 aromatic carbocycles. The Hall–Kier alpha value is -5.11. The molecule has 42 heavy (non-hydrogen) atoms. The summed E-state index contributed by atoms with van der Waals surface area (Å²) in [6, 6.07) is 30.8. The average Bonchev–Trinajstić information content (AvgIpc) is 3.51. The van der Waals surface area contributed by atoms with E-state index >= 15 is 0 Å². The Bertz CT molecular complexity index is 1560. The number of benzene rings is 4. The average molecular weight is 563 g/mol. The first-order valence-corrected chi connectivity index (χ1v) is 13.9. The highest BCUT2D eigenvalue weighted by Gasteiger charge is 2.31. The van der Waals surface area contributed by atoms with Gasteiger partial charge in [-0.1, -0.05) is 97.1 Å². The number of aliphatic carboxylic acids is 1. The van der Waals surface area contributed by atoms with Gasteiger partial charge in [-0.2, -0.15) is 0 Å². The van der Waals surface area contributed by atoms with Crippen LogP contribution in [0.25, 0.3) is 22.3 Å². The largest absolute Gasteiger partial charge is 0.480 e. The molecule has 0 spiro atoms. The predicted molar refractivity (Wildman–Crippen MR) is 157 cm³/mol. The van der Waals surface area contributed by atoms with Gasteiger partial charge in [0, 0.05) is 18.4 Å². The second kappa shape index (κ2) is 11.8. The van der Waals surface area contributed by atoms with Crippen LogP contribution in [0.4, 0.5) is 9.59 Å². The molecule has 0 heterocycles. The lowest BCUT2D eigenvalue weighted by Crippen LogP contribution is -2.43. The molecular weight excluding hydrogens is 532 g/mol. The van der Waals surface area contributed by atoms with Gasteiger partial charge in [-0.05, 0) is 50.9 Å². The molecule has 0 bridgehead atoms. The molecule has 0 saturated carbocycles. The monoisotopic (exact) mass is 562 g/mol. The molecule has 8 nitrogen and oxygen atoms in total. The van der Waals surface area contributed by atoms with Crippen LogP contribution in [-0.2, 0) is 14.3 Å². The number of carbonyl (C=O) groups excluding carboxylic acids is 2. The van der Waals surface area contributed by atoms with Gasteiger partial charge in [-0.25, -0.2) is 14.4 Å². The second-order valence-electron chi connectivity index (χ2n) is 10.4. The number of carbonyl (C=O) groups is 3. The van der Waals surface area contributed by atoms with Crippen LogP contribution in [-0.4, -0.2) is 49.1 Å². The summed E-state index contributed by atoms with van der Waals surface area (Å²) in [5.74, 6) is -1.44. The van der Waals surface area contributed by atoms with Crippen molar-refractivity contribution in [1.82, 2.24) is 10.6 Å². The van der Waals surface area contributed by atoms with Gasteiger partial charge in [0.15, 0.2) is 0 Å². The molecule has 3 N–H and O–H groups in total. The van der Waals surface area contributed by atoms with Gasteiger partial charge >= 0.3 is 18.2 Å². The van der Waals surface area contributed by atoms with E-state index in [1.54, 1.807) is 0 Å². The minimum absolute atomic E-state index is 0.00268. The van der Waals surface area contributed by atoms with E-state index < -0.39 is 24.2 Å². The van der Waals surface area contributed by atoms with E-state index in [2.05, 4.69) is 22.8 Å². The molecule has 0 unspecified atom stereocenters. The number of rotatable bonds is 9. The van der Waals surface area contributed by atoms with E-state index in [9.17, 15) is 19.5 Å². The van der Waals surface area contributed by atoms with Crippen LogP contribution < -0.4 is 10.6 Å². The third kappa shape index (κ3) is 5.31. The Morgan fingerprint density at radius 1 is 0.619 bits per heavy atom. The van der Waals surface area contributed by atoms with Crippen molar-refractivity contribution in [2.75, 3.05) is 19.8 Å². The number of carboxylic acid groups (broad SMARTS) is 1. The molecule has 212 valence electrons. The summed E-state index contributed by atoms with van der Waals surface area (Å²) in [7, 11) is 0. The fourth-order valence-electron chi connectivity index (χ4n) is 6.01. The van der Waals surface area contributed by atoms with E-state index in [1.807, 2.05) is 84.9 Å². The highest BCUT2D eigenvalue weighted by molar-refractivity contribution is 5.81. The highest BCUT2D eigenvalue weighted by Crippen LogP contribution is 2.45. The smallest absolute Gasteiger partial charge is 0.407 e. The Kier molecular flexibility index (Phi) is 7.60. The molecule has 1 atom stereocenters. The number of hydrogen-bond acceptors (Lipinski definition) is 5. The Balaban J connectivity index is 0.987. The van der Waals surface area contributed by atoms with Crippen molar-refractivity contribution >= 4 is 18.2 Å². The van der Waals surface area contributed by atoms with Crippen molar-refractivity contribution in [3.63, 3.8) is 0 Å². The lowest BCUT2D eigenvalue weighted by molar-refractivity contribution is -0.139. The fourth-order valence-corrected chi connectivity index (χ4v) is 6.01. The maximum Gasteiger partial charge on any atom is 0.407 e. The third-order valence-corrected chi connectivity index (χ3v) is 7.98. The Labute approximate surface area is 243 Å². The number of fused-ring (bicyclic) bond motifs is 6. The van der Waals surface area contributed by atoms with E-state index in [1.165, 1.54) is 0 Å². The maximum absolute atomic E-state index is 12.6. The van der Waals surface area contributed by atoms with Crippen molar-refractivity contribution in [2.45, 2.75) is 24.3 Å². The summed E-state index contributed by atoms with van der Waals surface area (Å²) in [5.41, 5.74) is 8.79. The molecule has 0 aromatic heterocycles. The molecule has 8 heteroatoms. The first-order valence-electron chi connectivity index (χ1n) is 13.9. The molecule has 0 aliphatic heterocycles. The van der Waals surface area contributed by atoms with Crippen LogP contribution in [0.5, 0.6) is 0 Å². The van der Waals surface area contributed by atoms with Crippen LogP contribution in [0, 0.1) is 0 Å². The van der Waals surface area contributed by atoms with Crippen molar-refractivity contribution in [2.24, 2.45) is 0 Å². The lowest BCUT2D eigenvalue weighted by Gasteiger charge is -2.18. The van der Waals surface area contributed by atoms with Gasteiger partial charge in [0.2, 0.25) is 0 Å². The van der Waals surface area contributed by atoms with Gasteiger partial charge in [-0.15, -0.1) is 0 Å². The quantitative estimate of drug-likeness (QED) is 0.234. The van der Waals surface area contributed by atoms with Gasteiger partial charge in [0.1, 0.15) is 19.3 Å². The molecule has 0 fully saturated rings. The van der Waals surface area contributed by atoms with Crippen molar-refractivity contribution < 1.29 is 29.0 Å². The van der Waals surface area contributed by atoms with Crippen LogP contribution >= 0.6 is 0 Å². The fraction of sp³-hybridized carbons (Fsp3) is 0.206. The van der Waals surface area contributed by atoms with Crippen molar-refractivity contribution in [3.8, 4) is 22.3 Å². The molecular formula is C34H30N2O6. The zero-order valence-electron chi connectivity index (χ0n) is 22.8. The highest BCUT2D eigenvalue weighted by atomic mass is 16.6. The van der Waals surface area contributed by atoms with Gasteiger partial charge in [0.05, 0.1) is 0 Å². The van der Waals surface area contributed by atoms with Crippen molar-refractivity contribution in [3.05, 3.63) is 119 Å². The second-order valence-corrected chi connectivity index (χ2v) is 10.4. The summed E-state index contributed by atoms with van der Waals surface area (Å²) in [6.45, 7) is 0.224. The van der Waals surface area contributed by atoms with Gasteiger partial charge < -0.3 is 25.2 Å². The van der Waals surface area contributed by atoms with Crippen LogP contribution in [0.2, 0.25) is 0 Å². The molecule has 0 saturated heterocycles. The normalized spacial score (nSPS) is 13.7. The summed E-state index contributed by atoms with van der Waals surface area (Å²) in [6.07, 6.45) is -1.52. The topological polar surface area (TPSA) is 114 Å². The first kappa shape index (κ1) is 27.1. The minimum Gasteiger partial charge on any atom is -0.480 e.